The first-order chi connectivity index (χ1) is 19.2. The Morgan fingerprint density at radius 2 is 0.436 bits per heavy atom. The third-order valence-corrected chi connectivity index (χ3v) is 9.84. The smallest absolute Gasteiger partial charge is 0.351 e. The predicted molar refractivity (Wildman–Crippen MR) is 172 cm³/mol. The molecular formula is C34H72O4Si. The van der Waals surface area contributed by atoms with E-state index in [1.54, 1.807) is 0 Å². The second kappa shape index (κ2) is 32.6. The highest BCUT2D eigenvalue weighted by Gasteiger charge is 2.45. The van der Waals surface area contributed by atoms with Gasteiger partial charge in [-0.15, -0.1) is 0 Å². The molecule has 0 amide bonds. The van der Waals surface area contributed by atoms with Gasteiger partial charge in [-0.3, -0.25) is 0 Å². The van der Waals surface area contributed by atoms with Crippen LogP contribution in [0.15, 0.2) is 0 Å². The van der Waals surface area contributed by atoms with Crippen molar-refractivity contribution >= 4 is 9.05 Å². The molecule has 0 aromatic heterocycles. The van der Waals surface area contributed by atoms with Gasteiger partial charge in [-0.1, -0.05) is 169 Å². The lowest BCUT2D eigenvalue weighted by molar-refractivity contribution is -0.0375. The van der Waals surface area contributed by atoms with Crippen molar-refractivity contribution in [1.82, 2.24) is 0 Å². The Balaban J connectivity index is 4.78. The standard InChI is InChI=1S/C34H72O4Si/c1-5-9-13-17-21-22-26-30-34-38-39(35-31-27-23-18-14-10-6-2,36-32-28-24-19-15-11-7-3)37-33-29-25-20-16-12-8-4/h5-34H2,1-4H3. The fraction of sp³-hybridized carbons (Fsp3) is 1.00. The molecule has 0 heterocycles. The summed E-state index contributed by atoms with van der Waals surface area (Å²) in [5.74, 6) is 0. The minimum atomic E-state index is -3.11. The van der Waals surface area contributed by atoms with Crippen molar-refractivity contribution < 1.29 is 17.7 Å². The van der Waals surface area contributed by atoms with E-state index in [0.29, 0.717) is 26.4 Å². The summed E-state index contributed by atoms with van der Waals surface area (Å²) in [5, 5.41) is 0. The first kappa shape index (κ1) is 39.1. The minimum Gasteiger partial charge on any atom is -0.351 e. The van der Waals surface area contributed by atoms with Gasteiger partial charge in [0.05, 0.1) is 0 Å². The fourth-order valence-corrected chi connectivity index (χ4v) is 7.00. The molecule has 0 N–H and O–H groups in total. The zero-order valence-corrected chi connectivity index (χ0v) is 28.3. The molecule has 0 spiro atoms. The number of hydrogen-bond donors (Lipinski definition) is 0. The second-order valence-corrected chi connectivity index (χ2v) is 13.8. The van der Waals surface area contributed by atoms with Crippen molar-refractivity contribution in [2.45, 2.75) is 195 Å². The Morgan fingerprint density at radius 3 is 0.641 bits per heavy atom. The van der Waals surface area contributed by atoms with Crippen molar-refractivity contribution in [3.8, 4) is 0 Å². The van der Waals surface area contributed by atoms with Crippen molar-refractivity contribution in [3.05, 3.63) is 0 Å². The molecule has 236 valence electrons. The quantitative estimate of drug-likeness (QED) is 0.0567. The van der Waals surface area contributed by atoms with Gasteiger partial charge in [0.25, 0.3) is 0 Å². The van der Waals surface area contributed by atoms with Crippen LogP contribution in [0.1, 0.15) is 195 Å². The monoisotopic (exact) mass is 573 g/mol. The summed E-state index contributed by atoms with van der Waals surface area (Å²) in [7, 11) is -3.11. The Labute approximate surface area is 247 Å². The van der Waals surface area contributed by atoms with Crippen LogP contribution in [0.4, 0.5) is 0 Å². The van der Waals surface area contributed by atoms with Crippen LogP contribution in [0.25, 0.3) is 0 Å². The van der Waals surface area contributed by atoms with E-state index in [1.807, 2.05) is 0 Å². The highest BCUT2D eigenvalue weighted by molar-refractivity contribution is 6.53. The van der Waals surface area contributed by atoms with E-state index >= 15 is 0 Å². The van der Waals surface area contributed by atoms with E-state index in [0.717, 1.165) is 25.7 Å². The summed E-state index contributed by atoms with van der Waals surface area (Å²) in [4.78, 5) is 0. The largest absolute Gasteiger partial charge is 0.679 e. The topological polar surface area (TPSA) is 36.9 Å². The average molecular weight is 573 g/mol. The first-order valence-electron chi connectivity index (χ1n) is 17.8. The molecule has 0 aromatic carbocycles. The number of hydrogen-bond acceptors (Lipinski definition) is 4. The molecule has 0 saturated heterocycles. The summed E-state index contributed by atoms with van der Waals surface area (Å²) >= 11 is 0. The van der Waals surface area contributed by atoms with E-state index in [-0.39, 0.29) is 0 Å². The molecule has 0 saturated carbocycles. The molecule has 0 bridgehead atoms. The Morgan fingerprint density at radius 1 is 0.256 bits per heavy atom. The second-order valence-electron chi connectivity index (χ2n) is 11.7. The van der Waals surface area contributed by atoms with Crippen molar-refractivity contribution in [3.63, 3.8) is 0 Å². The van der Waals surface area contributed by atoms with Gasteiger partial charge < -0.3 is 17.7 Å². The van der Waals surface area contributed by atoms with Crippen LogP contribution in [0.5, 0.6) is 0 Å². The van der Waals surface area contributed by atoms with Gasteiger partial charge in [0.2, 0.25) is 0 Å². The Hall–Kier alpha value is 0.0569. The predicted octanol–water partition coefficient (Wildman–Crippen LogP) is 11.7. The summed E-state index contributed by atoms with van der Waals surface area (Å²) in [6, 6.07) is 0. The molecule has 0 radical (unpaired) electrons. The zero-order chi connectivity index (χ0) is 28.5. The summed E-state index contributed by atoms with van der Waals surface area (Å²) in [6.45, 7) is 11.9. The zero-order valence-electron chi connectivity index (χ0n) is 27.3. The third-order valence-electron chi connectivity index (χ3n) is 7.61. The highest BCUT2D eigenvalue weighted by Crippen LogP contribution is 2.19. The maximum absolute atomic E-state index is 6.48. The molecule has 0 aliphatic rings. The molecule has 4 nitrogen and oxygen atoms in total. The van der Waals surface area contributed by atoms with Crippen LogP contribution in [0, 0.1) is 0 Å². The van der Waals surface area contributed by atoms with Crippen molar-refractivity contribution in [2.24, 2.45) is 0 Å². The van der Waals surface area contributed by atoms with E-state index in [9.17, 15) is 0 Å². The van der Waals surface area contributed by atoms with Crippen LogP contribution in [-0.4, -0.2) is 35.5 Å². The van der Waals surface area contributed by atoms with E-state index in [2.05, 4.69) is 27.7 Å². The van der Waals surface area contributed by atoms with Crippen LogP contribution >= 0.6 is 0 Å². The fourth-order valence-electron chi connectivity index (χ4n) is 4.92. The third kappa shape index (κ3) is 28.0. The minimum absolute atomic E-state index is 0.697. The van der Waals surface area contributed by atoms with Gasteiger partial charge >= 0.3 is 9.05 Å². The SMILES string of the molecule is CCCCCCCCCCO[Si](OCCCCCCCC)(OCCCCCCCC)OCCCCCCCC. The van der Waals surface area contributed by atoms with E-state index in [4.69, 9.17) is 17.7 Å². The molecular weight excluding hydrogens is 500 g/mol. The molecule has 39 heavy (non-hydrogen) atoms. The summed E-state index contributed by atoms with van der Waals surface area (Å²) in [6.07, 6.45) is 33.0. The molecule has 0 unspecified atom stereocenters. The lowest BCUT2D eigenvalue weighted by atomic mass is 10.1. The summed E-state index contributed by atoms with van der Waals surface area (Å²) < 4.78 is 25.9. The van der Waals surface area contributed by atoms with Crippen LogP contribution in [-0.2, 0) is 17.7 Å². The lowest BCUT2D eigenvalue weighted by Gasteiger charge is -2.28. The van der Waals surface area contributed by atoms with Crippen LogP contribution in [0.3, 0.4) is 0 Å². The van der Waals surface area contributed by atoms with Gasteiger partial charge in [-0.25, -0.2) is 0 Å². The molecule has 0 aliphatic carbocycles. The summed E-state index contributed by atoms with van der Waals surface area (Å²) in [5.41, 5.74) is 0. The maximum atomic E-state index is 6.48. The van der Waals surface area contributed by atoms with Gasteiger partial charge in [-0.2, -0.15) is 0 Å². The first-order valence-corrected chi connectivity index (χ1v) is 19.4. The Kier molecular flexibility index (Phi) is 32.6. The lowest BCUT2D eigenvalue weighted by Crippen LogP contribution is -2.50. The normalized spacial score (nSPS) is 12.0. The highest BCUT2D eigenvalue weighted by atomic mass is 28.4. The van der Waals surface area contributed by atoms with Gasteiger partial charge in [-0.05, 0) is 25.7 Å². The van der Waals surface area contributed by atoms with Gasteiger partial charge in [0, 0.05) is 26.4 Å². The molecule has 0 rings (SSSR count). The average Bonchev–Trinajstić information content (AvgIpc) is 2.95. The van der Waals surface area contributed by atoms with Gasteiger partial charge in [0.1, 0.15) is 0 Å². The van der Waals surface area contributed by atoms with E-state index in [1.165, 1.54) is 141 Å². The molecule has 5 heteroatoms. The van der Waals surface area contributed by atoms with Crippen LogP contribution in [0.2, 0.25) is 0 Å². The molecule has 0 fully saturated rings. The van der Waals surface area contributed by atoms with Crippen molar-refractivity contribution in [1.29, 1.82) is 0 Å². The number of unbranched alkanes of at least 4 members (excludes halogenated alkanes) is 22. The van der Waals surface area contributed by atoms with Crippen LogP contribution < -0.4 is 0 Å². The molecule has 0 aliphatic heterocycles. The van der Waals surface area contributed by atoms with Crippen molar-refractivity contribution in [2.75, 3.05) is 26.4 Å². The Bertz CT molecular complexity index is 403. The maximum Gasteiger partial charge on any atom is 0.679 e. The molecule has 0 atom stereocenters. The van der Waals surface area contributed by atoms with E-state index < -0.39 is 9.05 Å². The van der Waals surface area contributed by atoms with Gasteiger partial charge in [0.15, 0.2) is 0 Å². The number of rotatable bonds is 34. The molecule has 0 aromatic rings.